The third-order valence-electron chi connectivity index (χ3n) is 2.58. The van der Waals surface area contributed by atoms with Gasteiger partial charge in [0.05, 0.1) is 16.6 Å². The molecule has 1 amide bonds. The first-order valence-electron chi connectivity index (χ1n) is 5.59. The van der Waals surface area contributed by atoms with Crippen molar-refractivity contribution in [3.63, 3.8) is 0 Å². The van der Waals surface area contributed by atoms with Gasteiger partial charge in [0, 0.05) is 4.47 Å². The average Bonchev–Trinajstić information content (AvgIpc) is 2.43. The number of carbonyl (C=O) groups excluding carboxylic acids is 1. The van der Waals surface area contributed by atoms with E-state index < -0.39 is 28.2 Å². The molecule has 0 fully saturated rings. The summed E-state index contributed by atoms with van der Waals surface area (Å²) in [5, 5.41) is 13.0. The van der Waals surface area contributed by atoms with Gasteiger partial charge < -0.3 is 5.32 Å². The Balaban J connectivity index is 2.36. The molecule has 0 aliphatic carbocycles. The molecular weight excluding hydrogens is 350 g/mol. The van der Waals surface area contributed by atoms with Crippen molar-refractivity contribution in [2.24, 2.45) is 0 Å². The van der Waals surface area contributed by atoms with E-state index in [1.807, 2.05) is 0 Å². The van der Waals surface area contributed by atoms with Gasteiger partial charge in [0.2, 0.25) is 0 Å². The fraction of sp³-hybridized carbons (Fsp3) is 0. The van der Waals surface area contributed by atoms with E-state index in [2.05, 4.69) is 21.2 Å². The van der Waals surface area contributed by atoms with E-state index in [4.69, 9.17) is 0 Å². The Kier molecular flexibility index (Phi) is 4.27. The van der Waals surface area contributed by atoms with Crippen molar-refractivity contribution in [3.8, 4) is 0 Å². The Hall–Kier alpha value is -2.35. The van der Waals surface area contributed by atoms with Crippen LogP contribution in [-0.2, 0) is 0 Å². The Morgan fingerprint density at radius 3 is 2.57 bits per heavy atom. The number of nitro benzene ring substituents is 1. The highest BCUT2D eigenvalue weighted by molar-refractivity contribution is 9.10. The summed E-state index contributed by atoms with van der Waals surface area (Å²) in [6.45, 7) is 0. The second-order valence-corrected chi connectivity index (χ2v) is 4.91. The van der Waals surface area contributed by atoms with Gasteiger partial charge in [-0.3, -0.25) is 14.9 Å². The summed E-state index contributed by atoms with van der Waals surface area (Å²) < 4.78 is 27.0. The van der Waals surface area contributed by atoms with Gasteiger partial charge in [-0.2, -0.15) is 0 Å². The number of carbonyl (C=O) groups is 1. The van der Waals surface area contributed by atoms with E-state index in [1.54, 1.807) is 0 Å². The van der Waals surface area contributed by atoms with Crippen LogP contribution in [0.25, 0.3) is 0 Å². The maximum absolute atomic E-state index is 13.6. The first-order chi connectivity index (χ1) is 9.88. The molecule has 108 valence electrons. The van der Waals surface area contributed by atoms with Crippen molar-refractivity contribution in [1.29, 1.82) is 0 Å². The minimum absolute atomic E-state index is 0.217. The Morgan fingerprint density at radius 2 is 1.90 bits per heavy atom. The smallest absolute Gasteiger partial charge is 0.295 e. The number of benzene rings is 2. The molecule has 2 aromatic carbocycles. The zero-order chi connectivity index (χ0) is 15.6. The monoisotopic (exact) mass is 356 g/mol. The van der Waals surface area contributed by atoms with E-state index in [-0.39, 0.29) is 11.3 Å². The van der Waals surface area contributed by atoms with E-state index in [0.29, 0.717) is 10.5 Å². The summed E-state index contributed by atoms with van der Waals surface area (Å²) in [5.41, 5.74) is -1.12. The van der Waals surface area contributed by atoms with Crippen molar-refractivity contribution >= 4 is 33.2 Å². The number of halogens is 3. The van der Waals surface area contributed by atoms with Gasteiger partial charge in [-0.15, -0.1) is 0 Å². The fourth-order valence-electron chi connectivity index (χ4n) is 1.62. The van der Waals surface area contributed by atoms with Crippen molar-refractivity contribution in [2.45, 2.75) is 0 Å². The zero-order valence-electron chi connectivity index (χ0n) is 10.3. The summed E-state index contributed by atoms with van der Waals surface area (Å²) >= 11 is 3.09. The predicted molar refractivity (Wildman–Crippen MR) is 75.1 cm³/mol. The Labute approximate surface area is 125 Å². The average molecular weight is 357 g/mol. The van der Waals surface area contributed by atoms with Crippen molar-refractivity contribution in [1.82, 2.24) is 0 Å². The van der Waals surface area contributed by atoms with Crippen LogP contribution in [0.5, 0.6) is 0 Å². The van der Waals surface area contributed by atoms with Crippen LogP contribution in [0.1, 0.15) is 10.4 Å². The molecule has 8 heteroatoms. The van der Waals surface area contributed by atoms with Gasteiger partial charge >= 0.3 is 0 Å². The van der Waals surface area contributed by atoms with Gasteiger partial charge in [-0.1, -0.05) is 15.9 Å². The molecule has 0 saturated heterocycles. The Bertz CT molecular complexity index is 737. The van der Waals surface area contributed by atoms with Crippen molar-refractivity contribution in [2.75, 3.05) is 5.32 Å². The number of nitrogens with one attached hydrogen (secondary N) is 1. The Morgan fingerprint density at radius 1 is 1.19 bits per heavy atom. The molecule has 0 aliphatic heterocycles. The number of nitro groups is 1. The summed E-state index contributed by atoms with van der Waals surface area (Å²) in [7, 11) is 0. The van der Waals surface area contributed by atoms with E-state index in [1.165, 1.54) is 12.1 Å². The van der Waals surface area contributed by atoms with Crippen LogP contribution in [0.2, 0.25) is 0 Å². The van der Waals surface area contributed by atoms with Crippen LogP contribution in [-0.4, -0.2) is 10.8 Å². The maximum atomic E-state index is 13.6. The van der Waals surface area contributed by atoms with E-state index in [9.17, 15) is 23.7 Å². The minimum Gasteiger partial charge on any atom is -0.316 e. The lowest BCUT2D eigenvalue weighted by molar-refractivity contribution is -0.384. The highest BCUT2D eigenvalue weighted by Gasteiger charge is 2.19. The second-order valence-electron chi connectivity index (χ2n) is 4.00. The number of amides is 1. The SMILES string of the molecule is O=C(Nc1ccc(F)cc1[N+](=O)[O-])c1cc(Br)ccc1F. The molecule has 0 aromatic heterocycles. The van der Waals surface area contributed by atoms with E-state index >= 15 is 0 Å². The normalized spacial score (nSPS) is 10.2. The van der Waals surface area contributed by atoms with E-state index in [0.717, 1.165) is 18.2 Å². The highest BCUT2D eigenvalue weighted by atomic mass is 79.9. The van der Waals surface area contributed by atoms with Crippen LogP contribution in [0.4, 0.5) is 20.2 Å². The molecule has 0 bridgehead atoms. The summed E-state index contributed by atoms with van der Waals surface area (Å²) in [4.78, 5) is 21.9. The second kappa shape index (κ2) is 5.96. The molecule has 0 aliphatic rings. The molecule has 0 atom stereocenters. The fourth-order valence-corrected chi connectivity index (χ4v) is 1.98. The molecular formula is C13H7BrF2N2O3. The number of anilines is 1. The first-order valence-corrected chi connectivity index (χ1v) is 6.38. The summed E-state index contributed by atoms with van der Waals surface area (Å²) in [5.74, 6) is -2.46. The third-order valence-corrected chi connectivity index (χ3v) is 3.07. The van der Waals surface area contributed by atoms with Crippen LogP contribution < -0.4 is 5.32 Å². The number of hydrogen-bond acceptors (Lipinski definition) is 3. The molecule has 2 rings (SSSR count). The molecule has 5 nitrogen and oxygen atoms in total. The largest absolute Gasteiger partial charge is 0.316 e. The number of hydrogen-bond donors (Lipinski definition) is 1. The molecule has 2 aromatic rings. The van der Waals surface area contributed by atoms with Gasteiger partial charge in [-0.05, 0) is 30.3 Å². The van der Waals surface area contributed by atoms with Crippen LogP contribution in [0.3, 0.4) is 0 Å². The minimum atomic E-state index is -0.872. The molecule has 0 spiro atoms. The summed E-state index contributed by atoms with van der Waals surface area (Å²) in [6.07, 6.45) is 0. The van der Waals surface area contributed by atoms with Crippen LogP contribution in [0.15, 0.2) is 40.9 Å². The molecule has 0 saturated carbocycles. The number of rotatable bonds is 3. The van der Waals surface area contributed by atoms with Gasteiger partial charge in [0.1, 0.15) is 17.3 Å². The lowest BCUT2D eigenvalue weighted by Gasteiger charge is -2.07. The van der Waals surface area contributed by atoms with Gasteiger partial charge in [0.15, 0.2) is 0 Å². The van der Waals surface area contributed by atoms with Crippen molar-refractivity contribution in [3.05, 3.63) is 68.2 Å². The van der Waals surface area contributed by atoms with Crippen molar-refractivity contribution < 1.29 is 18.5 Å². The molecule has 0 unspecified atom stereocenters. The topological polar surface area (TPSA) is 72.2 Å². The molecule has 21 heavy (non-hydrogen) atoms. The highest BCUT2D eigenvalue weighted by Crippen LogP contribution is 2.26. The molecule has 1 N–H and O–H groups in total. The number of nitrogens with zero attached hydrogens (tertiary/aromatic N) is 1. The lowest BCUT2D eigenvalue weighted by Crippen LogP contribution is -2.15. The zero-order valence-corrected chi connectivity index (χ0v) is 11.9. The van der Waals surface area contributed by atoms with Crippen LogP contribution in [0, 0.1) is 21.7 Å². The van der Waals surface area contributed by atoms with Gasteiger partial charge in [-0.25, -0.2) is 8.78 Å². The molecule has 0 radical (unpaired) electrons. The predicted octanol–water partition coefficient (Wildman–Crippen LogP) is 3.89. The summed E-state index contributed by atoms with van der Waals surface area (Å²) in [6, 6.07) is 6.40. The maximum Gasteiger partial charge on any atom is 0.295 e. The quantitative estimate of drug-likeness (QED) is 0.669. The third kappa shape index (κ3) is 3.40. The van der Waals surface area contributed by atoms with Crippen LogP contribution >= 0.6 is 15.9 Å². The lowest BCUT2D eigenvalue weighted by atomic mass is 10.2. The molecule has 0 heterocycles. The first kappa shape index (κ1) is 15.0. The van der Waals surface area contributed by atoms with Gasteiger partial charge in [0.25, 0.3) is 11.6 Å². The standard InChI is InChI=1S/C13H7BrF2N2O3/c14-7-1-3-10(16)9(5-7)13(19)17-11-4-2-8(15)6-12(11)18(20)21/h1-6H,(H,17,19).